The molecule has 132 valence electrons. The first-order chi connectivity index (χ1) is 12.6. The average molecular weight is 383 g/mol. The monoisotopic (exact) mass is 382 g/mol. The number of anilines is 1. The third-order valence-electron chi connectivity index (χ3n) is 4.92. The first-order valence-electron chi connectivity index (χ1n) is 8.44. The van der Waals surface area contributed by atoms with E-state index in [1.165, 1.54) is 11.4 Å². The highest BCUT2D eigenvalue weighted by atomic mass is 35.5. The molecule has 3 aromatic rings. The Balaban J connectivity index is 1.85. The van der Waals surface area contributed by atoms with Crippen LogP contribution < -0.4 is 10.2 Å². The third kappa shape index (κ3) is 2.87. The lowest BCUT2D eigenvalue weighted by Crippen LogP contribution is -2.30. The molecule has 2 aromatic heterocycles. The van der Waals surface area contributed by atoms with Crippen LogP contribution in [-0.4, -0.2) is 14.7 Å². The number of aryl methyl sites for hydroxylation is 1. The van der Waals surface area contributed by atoms with E-state index in [-0.39, 0.29) is 12.1 Å². The van der Waals surface area contributed by atoms with Gasteiger partial charge in [0.25, 0.3) is 0 Å². The van der Waals surface area contributed by atoms with Crippen molar-refractivity contribution in [3.05, 3.63) is 82.9 Å². The Bertz CT molecular complexity index is 936. The second-order valence-corrected chi connectivity index (χ2v) is 7.25. The Morgan fingerprint density at radius 1 is 1.08 bits per heavy atom. The molecule has 0 radical (unpaired) electrons. The standard InChI is InChI=1S/C20H19ClN4S/c1-13-6-11-17(24(13)2)19-18(16-5-3-4-12-22-16)23-20(26)25(19)15-9-7-14(21)8-10-15/h3-12,18-19H,1-2H3,(H,23,26)/t18-,19-/m0/s1. The SMILES string of the molecule is Cc1ccc([C@H]2[C@H](c3ccccn3)NC(=S)N2c2ccc(Cl)cc2)n1C. The van der Waals surface area contributed by atoms with Gasteiger partial charge in [0.15, 0.2) is 5.11 Å². The van der Waals surface area contributed by atoms with Crippen LogP contribution in [0.3, 0.4) is 0 Å². The van der Waals surface area contributed by atoms with E-state index in [2.05, 4.69) is 45.9 Å². The summed E-state index contributed by atoms with van der Waals surface area (Å²) in [7, 11) is 2.08. The van der Waals surface area contributed by atoms with Crippen molar-refractivity contribution < 1.29 is 0 Å². The summed E-state index contributed by atoms with van der Waals surface area (Å²) in [5.74, 6) is 0. The summed E-state index contributed by atoms with van der Waals surface area (Å²) in [6.07, 6.45) is 1.82. The summed E-state index contributed by atoms with van der Waals surface area (Å²) in [6, 6.07) is 18.0. The van der Waals surface area contributed by atoms with E-state index in [1.807, 2.05) is 48.7 Å². The fourth-order valence-corrected chi connectivity index (χ4v) is 3.94. The smallest absolute Gasteiger partial charge is 0.174 e. The van der Waals surface area contributed by atoms with Crippen molar-refractivity contribution in [2.24, 2.45) is 7.05 Å². The van der Waals surface area contributed by atoms with Crippen LogP contribution in [0.1, 0.15) is 29.2 Å². The van der Waals surface area contributed by atoms with Crippen LogP contribution in [0.4, 0.5) is 5.69 Å². The molecule has 0 unspecified atom stereocenters. The molecule has 1 N–H and O–H groups in total. The number of nitrogens with one attached hydrogen (secondary N) is 1. The molecule has 1 aromatic carbocycles. The second kappa shape index (κ2) is 6.74. The summed E-state index contributed by atoms with van der Waals surface area (Å²) in [4.78, 5) is 6.72. The lowest BCUT2D eigenvalue weighted by Gasteiger charge is -2.28. The molecule has 6 heteroatoms. The zero-order chi connectivity index (χ0) is 18.3. The van der Waals surface area contributed by atoms with Crippen LogP contribution >= 0.6 is 23.8 Å². The fourth-order valence-electron chi connectivity index (χ4n) is 3.47. The topological polar surface area (TPSA) is 33.1 Å². The molecule has 0 amide bonds. The normalized spacial score (nSPS) is 19.7. The minimum absolute atomic E-state index is 0.00252. The maximum atomic E-state index is 6.08. The average Bonchev–Trinajstić information content (AvgIpc) is 3.16. The van der Waals surface area contributed by atoms with Gasteiger partial charge in [-0.15, -0.1) is 0 Å². The van der Waals surface area contributed by atoms with Crippen LogP contribution in [0.25, 0.3) is 0 Å². The number of hydrogen-bond donors (Lipinski definition) is 1. The number of nitrogens with zero attached hydrogens (tertiary/aromatic N) is 3. The Labute approximate surface area is 163 Å². The van der Waals surface area contributed by atoms with Gasteiger partial charge in [-0.05, 0) is 67.7 Å². The molecule has 1 aliphatic rings. The molecule has 1 saturated heterocycles. The second-order valence-electron chi connectivity index (χ2n) is 6.43. The van der Waals surface area contributed by atoms with Gasteiger partial charge in [-0.3, -0.25) is 4.98 Å². The van der Waals surface area contributed by atoms with Gasteiger partial charge in [0.2, 0.25) is 0 Å². The number of rotatable bonds is 3. The number of halogens is 1. The van der Waals surface area contributed by atoms with Gasteiger partial charge in [0.1, 0.15) is 6.04 Å². The van der Waals surface area contributed by atoms with Gasteiger partial charge >= 0.3 is 0 Å². The first kappa shape index (κ1) is 17.1. The molecule has 0 bridgehead atoms. The van der Waals surface area contributed by atoms with Crippen LogP contribution in [-0.2, 0) is 7.05 Å². The third-order valence-corrected chi connectivity index (χ3v) is 5.48. The molecule has 1 aliphatic heterocycles. The molecular weight excluding hydrogens is 364 g/mol. The highest BCUT2D eigenvalue weighted by Gasteiger charge is 2.41. The molecule has 0 aliphatic carbocycles. The molecule has 0 saturated carbocycles. The van der Waals surface area contributed by atoms with Gasteiger partial charge < -0.3 is 14.8 Å². The molecular formula is C20H19ClN4S. The molecule has 1 fully saturated rings. The molecule has 26 heavy (non-hydrogen) atoms. The maximum absolute atomic E-state index is 6.08. The minimum atomic E-state index is -0.0348. The molecule has 0 spiro atoms. The van der Waals surface area contributed by atoms with Crippen molar-refractivity contribution in [3.8, 4) is 0 Å². The lowest BCUT2D eigenvalue weighted by molar-refractivity contribution is 0.539. The summed E-state index contributed by atoms with van der Waals surface area (Å²) in [6.45, 7) is 2.10. The van der Waals surface area contributed by atoms with Crippen LogP contribution in [0.2, 0.25) is 5.02 Å². The highest BCUT2D eigenvalue weighted by Crippen LogP contribution is 2.41. The Hall–Kier alpha value is -2.37. The predicted molar refractivity (Wildman–Crippen MR) is 110 cm³/mol. The summed E-state index contributed by atoms with van der Waals surface area (Å²) in [5, 5.41) is 4.86. The Kier molecular flexibility index (Phi) is 4.42. The van der Waals surface area contributed by atoms with E-state index >= 15 is 0 Å². The van der Waals surface area contributed by atoms with E-state index in [4.69, 9.17) is 23.8 Å². The zero-order valence-electron chi connectivity index (χ0n) is 14.6. The van der Waals surface area contributed by atoms with E-state index in [9.17, 15) is 0 Å². The minimum Gasteiger partial charge on any atom is -0.351 e. The van der Waals surface area contributed by atoms with Crippen LogP contribution in [0.15, 0.2) is 60.8 Å². The van der Waals surface area contributed by atoms with Gasteiger partial charge in [-0.25, -0.2) is 0 Å². The lowest BCUT2D eigenvalue weighted by atomic mass is 10.0. The quantitative estimate of drug-likeness (QED) is 0.673. The van der Waals surface area contributed by atoms with Crippen molar-refractivity contribution in [2.45, 2.75) is 19.0 Å². The summed E-state index contributed by atoms with van der Waals surface area (Å²) < 4.78 is 2.21. The van der Waals surface area contributed by atoms with E-state index in [0.717, 1.165) is 11.4 Å². The van der Waals surface area contributed by atoms with Crippen molar-refractivity contribution >= 4 is 34.6 Å². The van der Waals surface area contributed by atoms with Gasteiger partial charge in [0.05, 0.1) is 11.7 Å². The van der Waals surface area contributed by atoms with Gasteiger partial charge in [-0.2, -0.15) is 0 Å². The van der Waals surface area contributed by atoms with E-state index in [1.54, 1.807) is 0 Å². The van der Waals surface area contributed by atoms with Gasteiger partial charge in [0, 0.05) is 35.3 Å². The number of benzene rings is 1. The molecule has 2 atom stereocenters. The Morgan fingerprint density at radius 2 is 1.85 bits per heavy atom. The van der Waals surface area contributed by atoms with Crippen LogP contribution in [0, 0.1) is 6.92 Å². The summed E-state index contributed by atoms with van der Waals surface area (Å²) >= 11 is 11.8. The molecule has 4 nitrogen and oxygen atoms in total. The van der Waals surface area contributed by atoms with Crippen LogP contribution in [0.5, 0.6) is 0 Å². The number of pyridine rings is 1. The first-order valence-corrected chi connectivity index (χ1v) is 9.23. The van der Waals surface area contributed by atoms with Crippen molar-refractivity contribution in [1.29, 1.82) is 0 Å². The van der Waals surface area contributed by atoms with Crippen molar-refractivity contribution in [3.63, 3.8) is 0 Å². The van der Waals surface area contributed by atoms with E-state index in [0.29, 0.717) is 10.1 Å². The number of thiocarbonyl (C=S) groups is 1. The maximum Gasteiger partial charge on any atom is 0.174 e. The predicted octanol–water partition coefficient (Wildman–Crippen LogP) is 4.56. The Morgan fingerprint density at radius 3 is 2.46 bits per heavy atom. The van der Waals surface area contributed by atoms with Crippen molar-refractivity contribution in [2.75, 3.05) is 4.90 Å². The number of hydrogen-bond acceptors (Lipinski definition) is 2. The molecule has 3 heterocycles. The summed E-state index contributed by atoms with van der Waals surface area (Å²) in [5.41, 5.74) is 4.36. The highest BCUT2D eigenvalue weighted by molar-refractivity contribution is 7.80. The fraction of sp³-hybridized carbons (Fsp3) is 0.200. The molecule has 4 rings (SSSR count). The number of aromatic nitrogens is 2. The van der Waals surface area contributed by atoms with Crippen molar-refractivity contribution in [1.82, 2.24) is 14.9 Å². The van der Waals surface area contributed by atoms with Gasteiger partial charge in [-0.1, -0.05) is 17.7 Å². The van der Waals surface area contributed by atoms with E-state index < -0.39 is 0 Å². The zero-order valence-corrected chi connectivity index (χ0v) is 16.1. The largest absolute Gasteiger partial charge is 0.351 e.